The first-order valence-corrected chi connectivity index (χ1v) is 4.00. The average molecular weight is 163 g/mol. The van der Waals surface area contributed by atoms with Crippen LogP contribution in [0, 0.1) is 6.92 Å². The van der Waals surface area contributed by atoms with E-state index in [-0.39, 0.29) is 12.3 Å². The quantitative estimate of drug-likeness (QED) is 0.724. The largest absolute Gasteiger partial charge is 0.324 e. The fourth-order valence-corrected chi connectivity index (χ4v) is 1.09. The van der Waals surface area contributed by atoms with Crippen LogP contribution in [0.25, 0.3) is 0 Å². The summed E-state index contributed by atoms with van der Waals surface area (Å²) in [7, 11) is 0. The van der Waals surface area contributed by atoms with E-state index in [0.717, 1.165) is 11.1 Å². The zero-order valence-electron chi connectivity index (χ0n) is 7.21. The van der Waals surface area contributed by atoms with Crippen LogP contribution in [0.4, 0.5) is 0 Å². The van der Waals surface area contributed by atoms with Crippen molar-refractivity contribution in [3.05, 3.63) is 35.4 Å². The molecule has 0 amide bonds. The summed E-state index contributed by atoms with van der Waals surface area (Å²) in [4.78, 5) is 11.0. The fraction of sp³-hybridized carbons (Fsp3) is 0.300. The van der Waals surface area contributed by atoms with Gasteiger partial charge in [0.05, 0.1) is 6.54 Å². The lowest BCUT2D eigenvalue weighted by molar-refractivity contribution is -0.117. The smallest absolute Gasteiger partial charge is 0.150 e. The minimum Gasteiger partial charge on any atom is -0.324 e. The molecule has 0 saturated heterocycles. The topological polar surface area (TPSA) is 43.1 Å². The molecular weight excluding hydrogens is 150 g/mol. The van der Waals surface area contributed by atoms with Crippen LogP contribution in [0.15, 0.2) is 24.3 Å². The molecule has 0 spiro atoms. The van der Waals surface area contributed by atoms with Gasteiger partial charge in [-0.05, 0) is 18.1 Å². The van der Waals surface area contributed by atoms with Crippen molar-refractivity contribution >= 4 is 5.78 Å². The number of benzene rings is 1. The van der Waals surface area contributed by atoms with Gasteiger partial charge in [0.2, 0.25) is 0 Å². The highest BCUT2D eigenvalue weighted by Crippen LogP contribution is 2.07. The molecule has 0 heterocycles. The van der Waals surface area contributed by atoms with Gasteiger partial charge in [-0.25, -0.2) is 0 Å². The molecule has 0 atom stereocenters. The molecule has 0 aliphatic carbocycles. The lowest BCUT2D eigenvalue weighted by Gasteiger charge is -2.02. The van der Waals surface area contributed by atoms with Gasteiger partial charge in [-0.3, -0.25) is 4.79 Å². The molecule has 64 valence electrons. The Morgan fingerprint density at radius 3 is 2.67 bits per heavy atom. The third-order valence-electron chi connectivity index (χ3n) is 1.88. The van der Waals surface area contributed by atoms with Crippen molar-refractivity contribution in [3.8, 4) is 0 Å². The molecular formula is C10H13NO. The minimum atomic E-state index is 0.0873. The summed E-state index contributed by atoms with van der Waals surface area (Å²) in [6.45, 7) is 2.13. The first kappa shape index (κ1) is 8.94. The zero-order valence-corrected chi connectivity index (χ0v) is 7.21. The maximum absolute atomic E-state index is 11.0. The molecule has 0 saturated carbocycles. The van der Waals surface area contributed by atoms with Crippen molar-refractivity contribution in [1.82, 2.24) is 0 Å². The number of aryl methyl sites for hydroxylation is 1. The molecule has 1 aromatic carbocycles. The Labute approximate surface area is 72.4 Å². The summed E-state index contributed by atoms with van der Waals surface area (Å²) < 4.78 is 0. The number of Topliss-reactive ketones (excluding diaryl/α,β-unsaturated/α-hetero) is 1. The maximum Gasteiger partial charge on any atom is 0.150 e. The molecule has 0 radical (unpaired) electrons. The lowest BCUT2D eigenvalue weighted by Crippen LogP contribution is -2.16. The van der Waals surface area contributed by atoms with E-state index in [1.807, 2.05) is 31.2 Å². The van der Waals surface area contributed by atoms with Gasteiger partial charge in [-0.15, -0.1) is 0 Å². The van der Waals surface area contributed by atoms with Crippen LogP contribution in [0.1, 0.15) is 11.1 Å². The van der Waals surface area contributed by atoms with Crippen molar-refractivity contribution in [2.75, 3.05) is 6.54 Å². The number of hydrogen-bond acceptors (Lipinski definition) is 2. The SMILES string of the molecule is Cc1ccccc1CC(=O)CN. The average Bonchev–Trinajstić information content (AvgIpc) is 2.09. The standard InChI is InChI=1S/C10H13NO/c1-8-4-2-3-5-9(8)6-10(12)7-11/h2-5H,6-7,11H2,1H3. The Morgan fingerprint density at radius 2 is 2.08 bits per heavy atom. The Bertz CT molecular complexity index is 281. The Hall–Kier alpha value is -1.15. The summed E-state index contributed by atoms with van der Waals surface area (Å²) in [5.41, 5.74) is 7.45. The van der Waals surface area contributed by atoms with Gasteiger partial charge in [0.1, 0.15) is 0 Å². The maximum atomic E-state index is 11.0. The van der Waals surface area contributed by atoms with E-state index in [9.17, 15) is 4.79 Å². The fourth-order valence-electron chi connectivity index (χ4n) is 1.09. The van der Waals surface area contributed by atoms with Gasteiger partial charge in [0.15, 0.2) is 5.78 Å². The van der Waals surface area contributed by atoms with Crippen molar-refractivity contribution in [2.45, 2.75) is 13.3 Å². The van der Waals surface area contributed by atoms with Crippen LogP contribution >= 0.6 is 0 Å². The summed E-state index contributed by atoms with van der Waals surface area (Å²) in [6, 6.07) is 7.86. The summed E-state index contributed by atoms with van der Waals surface area (Å²) in [5.74, 6) is 0.0873. The number of carbonyl (C=O) groups is 1. The van der Waals surface area contributed by atoms with Gasteiger partial charge < -0.3 is 5.73 Å². The number of carbonyl (C=O) groups excluding carboxylic acids is 1. The van der Waals surface area contributed by atoms with Gasteiger partial charge in [-0.1, -0.05) is 24.3 Å². The monoisotopic (exact) mass is 163 g/mol. The Kier molecular flexibility index (Phi) is 3.00. The van der Waals surface area contributed by atoms with Crippen LogP contribution < -0.4 is 5.73 Å². The van der Waals surface area contributed by atoms with E-state index in [0.29, 0.717) is 6.42 Å². The number of hydrogen-bond donors (Lipinski definition) is 1. The number of ketones is 1. The van der Waals surface area contributed by atoms with Crippen LogP contribution in [-0.2, 0) is 11.2 Å². The predicted molar refractivity (Wildman–Crippen MR) is 48.9 cm³/mol. The van der Waals surface area contributed by atoms with Gasteiger partial charge in [-0.2, -0.15) is 0 Å². The molecule has 1 rings (SSSR count). The second kappa shape index (κ2) is 4.02. The first-order chi connectivity index (χ1) is 5.74. The molecule has 12 heavy (non-hydrogen) atoms. The van der Waals surface area contributed by atoms with Crippen LogP contribution in [-0.4, -0.2) is 12.3 Å². The minimum absolute atomic E-state index is 0.0873. The molecule has 0 aromatic heterocycles. The van der Waals surface area contributed by atoms with E-state index in [1.54, 1.807) is 0 Å². The van der Waals surface area contributed by atoms with Crippen molar-refractivity contribution in [3.63, 3.8) is 0 Å². The van der Waals surface area contributed by atoms with Gasteiger partial charge in [0.25, 0.3) is 0 Å². The molecule has 2 heteroatoms. The van der Waals surface area contributed by atoms with E-state index < -0.39 is 0 Å². The number of nitrogens with two attached hydrogens (primary N) is 1. The highest BCUT2D eigenvalue weighted by atomic mass is 16.1. The Morgan fingerprint density at radius 1 is 1.42 bits per heavy atom. The summed E-state index contributed by atoms with van der Waals surface area (Å²) >= 11 is 0. The predicted octanol–water partition coefficient (Wildman–Crippen LogP) is 1.07. The third kappa shape index (κ3) is 2.17. The molecule has 0 aliphatic heterocycles. The third-order valence-corrected chi connectivity index (χ3v) is 1.88. The molecule has 0 unspecified atom stereocenters. The molecule has 2 nitrogen and oxygen atoms in total. The molecule has 0 aliphatic rings. The number of rotatable bonds is 3. The molecule has 0 bridgehead atoms. The van der Waals surface area contributed by atoms with Crippen molar-refractivity contribution in [1.29, 1.82) is 0 Å². The molecule has 2 N–H and O–H groups in total. The van der Waals surface area contributed by atoms with Crippen molar-refractivity contribution in [2.24, 2.45) is 5.73 Å². The highest BCUT2D eigenvalue weighted by molar-refractivity contribution is 5.82. The van der Waals surface area contributed by atoms with E-state index in [4.69, 9.17) is 5.73 Å². The summed E-state index contributed by atoms with van der Waals surface area (Å²) in [5, 5.41) is 0. The van der Waals surface area contributed by atoms with Crippen molar-refractivity contribution < 1.29 is 4.79 Å². The van der Waals surface area contributed by atoms with E-state index >= 15 is 0 Å². The molecule has 1 aromatic rings. The zero-order chi connectivity index (χ0) is 8.97. The van der Waals surface area contributed by atoms with Crippen LogP contribution in [0.2, 0.25) is 0 Å². The lowest BCUT2D eigenvalue weighted by atomic mass is 10.0. The van der Waals surface area contributed by atoms with Gasteiger partial charge >= 0.3 is 0 Å². The highest BCUT2D eigenvalue weighted by Gasteiger charge is 2.02. The van der Waals surface area contributed by atoms with Crippen LogP contribution in [0.5, 0.6) is 0 Å². The van der Waals surface area contributed by atoms with E-state index in [2.05, 4.69) is 0 Å². The van der Waals surface area contributed by atoms with Gasteiger partial charge in [0, 0.05) is 6.42 Å². The normalized spacial score (nSPS) is 9.83. The Balaban J connectivity index is 2.75. The molecule has 0 fully saturated rings. The summed E-state index contributed by atoms with van der Waals surface area (Å²) in [6.07, 6.45) is 0.461. The first-order valence-electron chi connectivity index (χ1n) is 4.00. The second-order valence-corrected chi connectivity index (χ2v) is 2.85. The van der Waals surface area contributed by atoms with Crippen LogP contribution in [0.3, 0.4) is 0 Å². The second-order valence-electron chi connectivity index (χ2n) is 2.85. The van der Waals surface area contributed by atoms with E-state index in [1.165, 1.54) is 0 Å².